The zero-order chi connectivity index (χ0) is 10.2. The minimum atomic E-state index is -2.17. The summed E-state index contributed by atoms with van der Waals surface area (Å²) in [6, 6.07) is 0. The van der Waals surface area contributed by atoms with Gasteiger partial charge in [-0.2, -0.15) is 0 Å². The molecule has 1 rings (SSSR count). The van der Waals surface area contributed by atoms with Gasteiger partial charge in [0.05, 0.1) is 6.61 Å². The minimum absolute atomic E-state index is 0.596. The van der Waals surface area contributed by atoms with Gasteiger partial charge < -0.3 is 25.2 Å². The van der Waals surface area contributed by atoms with E-state index in [1.165, 1.54) is 0 Å². The first kappa shape index (κ1) is 10.8. The molecular weight excluding hydrogens is 183 g/mol. The number of hydrogen-bond donors (Lipinski definition) is 4. The highest BCUT2D eigenvalue weighted by molar-refractivity contribution is 4.93. The Balaban J connectivity index is 2.79. The molecule has 1 fully saturated rings. The minimum Gasteiger partial charge on any atom is -0.394 e. The molecule has 6 heteroatoms. The summed E-state index contributed by atoms with van der Waals surface area (Å²) in [7, 11) is 0. The summed E-state index contributed by atoms with van der Waals surface area (Å²) in [6.45, 7) is 0.427. The van der Waals surface area contributed by atoms with E-state index in [0.29, 0.717) is 0 Å². The molecule has 0 amide bonds. The number of aliphatic hydroxyl groups excluding tert-OH is 3. The molecular formula is C7H13FO5. The molecule has 4 N–H and O–H groups in total. The quantitative estimate of drug-likeness (QED) is 0.395. The SMILES string of the molecule is C[C@]1(O)O[C@H](CO)[C@@H](O)[C@H](O)[C@H]1F. The highest BCUT2D eigenvalue weighted by Gasteiger charge is 2.50. The van der Waals surface area contributed by atoms with Gasteiger partial charge in [-0.3, -0.25) is 0 Å². The van der Waals surface area contributed by atoms with Crippen LogP contribution in [0.15, 0.2) is 0 Å². The molecule has 0 radical (unpaired) electrons. The largest absolute Gasteiger partial charge is 0.394 e. The Hall–Kier alpha value is -0.270. The summed E-state index contributed by atoms with van der Waals surface area (Å²) in [5.41, 5.74) is 0. The van der Waals surface area contributed by atoms with Crippen LogP contribution in [0.3, 0.4) is 0 Å². The third-order valence-electron chi connectivity index (χ3n) is 2.11. The van der Waals surface area contributed by atoms with Crippen molar-refractivity contribution in [1.82, 2.24) is 0 Å². The zero-order valence-electron chi connectivity index (χ0n) is 7.09. The fourth-order valence-electron chi connectivity index (χ4n) is 1.30. The van der Waals surface area contributed by atoms with E-state index in [2.05, 4.69) is 4.74 Å². The first-order valence-electron chi connectivity index (χ1n) is 3.91. The fraction of sp³-hybridized carbons (Fsp3) is 1.00. The summed E-state index contributed by atoms with van der Waals surface area (Å²) in [5, 5.41) is 36.2. The van der Waals surface area contributed by atoms with Gasteiger partial charge in [-0.15, -0.1) is 0 Å². The van der Waals surface area contributed by atoms with E-state index < -0.39 is 36.9 Å². The van der Waals surface area contributed by atoms with E-state index in [9.17, 15) is 9.50 Å². The molecule has 0 aromatic heterocycles. The van der Waals surface area contributed by atoms with Gasteiger partial charge in [0.25, 0.3) is 0 Å². The average molecular weight is 196 g/mol. The Kier molecular flexibility index (Phi) is 2.88. The smallest absolute Gasteiger partial charge is 0.197 e. The molecule has 0 unspecified atom stereocenters. The van der Waals surface area contributed by atoms with Crippen LogP contribution in [0.25, 0.3) is 0 Å². The number of halogens is 1. The van der Waals surface area contributed by atoms with Gasteiger partial charge in [-0.1, -0.05) is 0 Å². The molecule has 0 aromatic rings. The predicted molar refractivity (Wildman–Crippen MR) is 39.5 cm³/mol. The zero-order valence-corrected chi connectivity index (χ0v) is 7.09. The second kappa shape index (κ2) is 3.47. The maximum absolute atomic E-state index is 13.0. The second-order valence-electron chi connectivity index (χ2n) is 3.28. The van der Waals surface area contributed by atoms with Gasteiger partial charge in [-0.25, -0.2) is 4.39 Å². The fourth-order valence-corrected chi connectivity index (χ4v) is 1.30. The van der Waals surface area contributed by atoms with Crippen LogP contribution in [0.4, 0.5) is 4.39 Å². The maximum Gasteiger partial charge on any atom is 0.197 e. The van der Waals surface area contributed by atoms with Crippen molar-refractivity contribution in [3.05, 3.63) is 0 Å². The Bertz CT molecular complexity index is 184. The molecule has 1 aliphatic rings. The van der Waals surface area contributed by atoms with E-state index in [0.717, 1.165) is 6.92 Å². The van der Waals surface area contributed by atoms with E-state index in [-0.39, 0.29) is 0 Å². The highest BCUT2D eigenvalue weighted by Crippen LogP contribution is 2.29. The van der Waals surface area contributed by atoms with Crippen molar-refractivity contribution in [1.29, 1.82) is 0 Å². The normalized spacial score (nSPS) is 52.2. The Morgan fingerprint density at radius 2 is 1.92 bits per heavy atom. The van der Waals surface area contributed by atoms with Crippen molar-refractivity contribution in [2.24, 2.45) is 0 Å². The lowest BCUT2D eigenvalue weighted by Gasteiger charge is -2.42. The predicted octanol–water partition coefficient (Wildman–Crippen LogP) is -1.85. The summed E-state index contributed by atoms with van der Waals surface area (Å²) in [5.74, 6) is -2.17. The van der Waals surface area contributed by atoms with Crippen LogP contribution in [0.1, 0.15) is 6.92 Å². The van der Waals surface area contributed by atoms with Crippen LogP contribution >= 0.6 is 0 Å². The molecule has 0 spiro atoms. The lowest BCUT2D eigenvalue weighted by atomic mass is 9.95. The third kappa shape index (κ3) is 1.82. The Labute approximate surface area is 74.4 Å². The van der Waals surface area contributed by atoms with E-state index in [4.69, 9.17) is 15.3 Å². The lowest BCUT2D eigenvalue weighted by molar-refractivity contribution is -0.327. The molecule has 0 saturated carbocycles. The van der Waals surface area contributed by atoms with Gasteiger partial charge in [0, 0.05) is 0 Å². The number of alkyl halides is 1. The molecule has 1 aliphatic heterocycles. The van der Waals surface area contributed by atoms with Crippen molar-refractivity contribution in [2.75, 3.05) is 6.61 Å². The molecule has 5 nitrogen and oxygen atoms in total. The van der Waals surface area contributed by atoms with Gasteiger partial charge in [0.2, 0.25) is 0 Å². The monoisotopic (exact) mass is 196 g/mol. The van der Waals surface area contributed by atoms with Crippen LogP contribution < -0.4 is 0 Å². The molecule has 0 aliphatic carbocycles. The number of ether oxygens (including phenoxy) is 1. The first-order valence-corrected chi connectivity index (χ1v) is 3.91. The van der Waals surface area contributed by atoms with Crippen molar-refractivity contribution < 1.29 is 29.6 Å². The number of rotatable bonds is 1. The summed E-state index contributed by atoms with van der Waals surface area (Å²) >= 11 is 0. The van der Waals surface area contributed by atoms with Crippen molar-refractivity contribution >= 4 is 0 Å². The van der Waals surface area contributed by atoms with E-state index in [1.54, 1.807) is 0 Å². The summed E-state index contributed by atoms with van der Waals surface area (Å²) in [4.78, 5) is 0. The van der Waals surface area contributed by atoms with E-state index in [1.807, 2.05) is 0 Å². The number of hydrogen-bond acceptors (Lipinski definition) is 5. The van der Waals surface area contributed by atoms with Crippen LogP contribution in [0.5, 0.6) is 0 Å². The van der Waals surface area contributed by atoms with Crippen molar-refractivity contribution in [3.8, 4) is 0 Å². The van der Waals surface area contributed by atoms with Gasteiger partial charge >= 0.3 is 0 Å². The van der Waals surface area contributed by atoms with Gasteiger partial charge in [-0.05, 0) is 6.92 Å². The van der Waals surface area contributed by atoms with Crippen molar-refractivity contribution in [2.45, 2.75) is 37.2 Å². The summed E-state index contributed by atoms with van der Waals surface area (Å²) in [6.07, 6.45) is -6.54. The van der Waals surface area contributed by atoms with Gasteiger partial charge in [0.15, 0.2) is 12.0 Å². The Morgan fingerprint density at radius 1 is 1.38 bits per heavy atom. The molecule has 78 valence electrons. The average Bonchev–Trinajstić information content (AvgIpc) is 2.08. The molecule has 1 saturated heterocycles. The highest BCUT2D eigenvalue weighted by atomic mass is 19.1. The van der Waals surface area contributed by atoms with Crippen LogP contribution in [-0.4, -0.2) is 57.3 Å². The third-order valence-corrected chi connectivity index (χ3v) is 2.11. The number of aliphatic hydroxyl groups is 4. The van der Waals surface area contributed by atoms with Gasteiger partial charge in [0.1, 0.15) is 18.3 Å². The molecule has 13 heavy (non-hydrogen) atoms. The molecule has 5 atom stereocenters. The Morgan fingerprint density at radius 3 is 2.38 bits per heavy atom. The maximum atomic E-state index is 13.0. The lowest BCUT2D eigenvalue weighted by Crippen LogP contribution is -2.62. The first-order chi connectivity index (χ1) is 5.90. The topological polar surface area (TPSA) is 90.2 Å². The van der Waals surface area contributed by atoms with E-state index >= 15 is 0 Å². The molecule has 1 heterocycles. The molecule has 0 bridgehead atoms. The van der Waals surface area contributed by atoms with Crippen molar-refractivity contribution in [3.63, 3.8) is 0 Å². The summed E-state index contributed by atoms with van der Waals surface area (Å²) < 4.78 is 17.7. The van der Waals surface area contributed by atoms with Crippen LogP contribution in [-0.2, 0) is 4.74 Å². The second-order valence-corrected chi connectivity index (χ2v) is 3.28. The van der Waals surface area contributed by atoms with Crippen LogP contribution in [0.2, 0.25) is 0 Å². The standard InChI is InChI=1S/C7H13FO5/c1-7(12)6(8)5(11)4(10)3(2-9)13-7/h3-6,9-12H,2H2,1H3/t3-,4-,5+,6-,7+/m1/s1. The van der Waals surface area contributed by atoms with Crippen LogP contribution in [0, 0.1) is 0 Å². The molecule has 0 aromatic carbocycles.